The fourth-order valence-electron chi connectivity index (χ4n) is 1.81. The van der Waals surface area contributed by atoms with Gasteiger partial charge < -0.3 is 13.9 Å². The van der Waals surface area contributed by atoms with Gasteiger partial charge in [0.2, 0.25) is 5.79 Å². The van der Waals surface area contributed by atoms with Gasteiger partial charge >= 0.3 is 0 Å². The van der Waals surface area contributed by atoms with Gasteiger partial charge in [0.05, 0.1) is 6.10 Å². The van der Waals surface area contributed by atoms with Crippen LogP contribution in [0.1, 0.15) is 27.2 Å². The highest BCUT2D eigenvalue weighted by molar-refractivity contribution is 6.69. The Balaban J connectivity index is 2.52. The summed E-state index contributed by atoms with van der Waals surface area (Å²) in [6.45, 7) is 13.5. The van der Waals surface area contributed by atoms with Gasteiger partial charge in [0.1, 0.15) is 6.10 Å². The summed E-state index contributed by atoms with van der Waals surface area (Å²) >= 11 is 0. The van der Waals surface area contributed by atoms with Gasteiger partial charge in [-0.3, -0.25) is 0 Å². The number of hydrogen-bond donors (Lipinski definition) is 0. The van der Waals surface area contributed by atoms with E-state index in [1.165, 1.54) is 0 Å². The minimum atomic E-state index is -1.52. The molecule has 3 unspecified atom stereocenters. The lowest BCUT2D eigenvalue weighted by molar-refractivity contribution is -0.106. The van der Waals surface area contributed by atoms with Crippen LogP contribution in [0.2, 0.25) is 19.6 Å². The number of rotatable bonds is 6. The van der Waals surface area contributed by atoms with Crippen LogP contribution < -0.4 is 0 Å². The molecule has 4 heteroatoms. The van der Waals surface area contributed by atoms with Crippen LogP contribution in [0.5, 0.6) is 0 Å². The Hall–Kier alpha value is 0.0969. The van der Waals surface area contributed by atoms with E-state index in [1.54, 1.807) is 0 Å². The Morgan fingerprint density at radius 1 is 1.40 bits per heavy atom. The zero-order valence-corrected chi connectivity index (χ0v) is 11.8. The molecule has 3 atom stereocenters. The van der Waals surface area contributed by atoms with Crippen LogP contribution in [0.4, 0.5) is 0 Å². The van der Waals surface area contributed by atoms with Crippen molar-refractivity contribution in [1.82, 2.24) is 0 Å². The number of hydrogen-bond acceptors (Lipinski definition) is 3. The van der Waals surface area contributed by atoms with Gasteiger partial charge in [-0.15, -0.1) is 0 Å². The second-order valence-corrected chi connectivity index (χ2v) is 9.66. The third-order valence-electron chi connectivity index (χ3n) is 2.50. The maximum absolute atomic E-state index is 6.02. The van der Waals surface area contributed by atoms with Crippen LogP contribution in [0.25, 0.3) is 0 Å². The standard InChI is InChI=1S/C11H24O3Si/c1-7-8-12-11(9(2)13-11)10(3)14-15(4,5)6/h9-10H,7-8H2,1-6H3. The van der Waals surface area contributed by atoms with E-state index in [4.69, 9.17) is 13.9 Å². The normalized spacial score (nSPS) is 32.8. The summed E-state index contributed by atoms with van der Waals surface area (Å²) in [5.74, 6) is -0.462. The second kappa shape index (κ2) is 4.53. The fraction of sp³-hybridized carbons (Fsp3) is 1.00. The van der Waals surface area contributed by atoms with Crippen molar-refractivity contribution >= 4 is 8.32 Å². The molecule has 1 aliphatic heterocycles. The van der Waals surface area contributed by atoms with E-state index in [0.29, 0.717) is 0 Å². The molecule has 15 heavy (non-hydrogen) atoms. The van der Waals surface area contributed by atoms with Crippen LogP contribution in [-0.2, 0) is 13.9 Å². The molecular formula is C11H24O3Si. The van der Waals surface area contributed by atoms with Crippen molar-refractivity contribution in [3.8, 4) is 0 Å². The Bertz CT molecular complexity index is 214. The third-order valence-corrected chi connectivity index (χ3v) is 3.56. The highest BCUT2D eigenvalue weighted by Gasteiger charge is 2.60. The zero-order valence-electron chi connectivity index (χ0n) is 10.8. The largest absolute Gasteiger partial charge is 0.409 e. The summed E-state index contributed by atoms with van der Waals surface area (Å²) in [7, 11) is -1.52. The molecule has 0 N–H and O–H groups in total. The average Bonchev–Trinajstić information content (AvgIpc) is 2.72. The summed E-state index contributed by atoms with van der Waals surface area (Å²) in [6, 6.07) is 0. The highest BCUT2D eigenvalue weighted by atomic mass is 28.4. The van der Waals surface area contributed by atoms with Gasteiger partial charge in [-0.25, -0.2) is 0 Å². The summed E-state index contributed by atoms with van der Waals surface area (Å²) < 4.78 is 17.4. The molecule has 0 radical (unpaired) electrons. The highest BCUT2D eigenvalue weighted by Crippen LogP contribution is 2.42. The monoisotopic (exact) mass is 232 g/mol. The third kappa shape index (κ3) is 3.28. The van der Waals surface area contributed by atoms with Crippen molar-refractivity contribution in [2.24, 2.45) is 0 Å². The lowest BCUT2D eigenvalue weighted by Gasteiger charge is -2.28. The molecule has 0 saturated carbocycles. The quantitative estimate of drug-likeness (QED) is 0.521. The first-order valence-electron chi connectivity index (χ1n) is 5.81. The molecule has 0 aliphatic carbocycles. The molecule has 1 heterocycles. The van der Waals surface area contributed by atoms with Gasteiger partial charge in [-0.2, -0.15) is 0 Å². The van der Waals surface area contributed by atoms with Crippen molar-refractivity contribution in [3.63, 3.8) is 0 Å². The predicted octanol–water partition coefficient (Wildman–Crippen LogP) is 2.77. The van der Waals surface area contributed by atoms with Crippen LogP contribution in [0, 0.1) is 0 Å². The van der Waals surface area contributed by atoms with Crippen molar-refractivity contribution in [1.29, 1.82) is 0 Å². The van der Waals surface area contributed by atoms with Crippen molar-refractivity contribution in [2.75, 3.05) is 6.61 Å². The summed E-state index contributed by atoms with van der Waals surface area (Å²) in [5, 5.41) is 0. The van der Waals surface area contributed by atoms with E-state index in [1.807, 2.05) is 6.92 Å². The molecule has 1 saturated heterocycles. The second-order valence-electron chi connectivity index (χ2n) is 5.20. The first-order chi connectivity index (χ1) is 6.82. The first-order valence-corrected chi connectivity index (χ1v) is 9.22. The van der Waals surface area contributed by atoms with Crippen molar-refractivity contribution < 1.29 is 13.9 Å². The van der Waals surface area contributed by atoms with E-state index in [-0.39, 0.29) is 12.2 Å². The number of ether oxygens (including phenoxy) is 2. The average molecular weight is 232 g/mol. The molecule has 0 aromatic rings. The van der Waals surface area contributed by atoms with Gasteiger partial charge in [0.15, 0.2) is 8.32 Å². The van der Waals surface area contributed by atoms with Crippen molar-refractivity contribution in [2.45, 2.75) is 64.8 Å². The molecule has 1 fully saturated rings. The van der Waals surface area contributed by atoms with Crippen LogP contribution in [0.3, 0.4) is 0 Å². The Kier molecular flexibility index (Phi) is 3.98. The van der Waals surface area contributed by atoms with E-state index >= 15 is 0 Å². The van der Waals surface area contributed by atoms with Gasteiger partial charge in [0, 0.05) is 6.61 Å². The SMILES string of the molecule is CCCOC1(C(C)O[Si](C)(C)C)OC1C. The Labute approximate surface area is 94.2 Å². The Morgan fingerprint density at radius 3 is 2.27 bits per heavy atom. The molecule has 0 amide bonds. The fourth-order valence-corrected chi connectivity index (χ4v) is 3.04. The predicted molar refractivity (Wildman–Crippen MR) is 63.4 cm³/mol. The smallest absolute Gasteiger partial charge is 0.220 e. The molecule has 0 bridgehead atoms. The molecule has 0 aromatic carbocycles. The molecule has 3 nitrogen and oxygen atoms in total. The molecule has 1 aliphatic rings. The molecular weight excluding hydrogens is 208 g/mol. The maximum atomic E-state index is 6.02. The summed E-state index contributed by atoms with van der Waals surface area (Å²) in [5.41, 5.74) is 0. The van der Waals surface area contributed by atoms with Gasteiger partial charge in [0.25, 0.3) is 0 Å². The van der Waals surface area contributed by atoms with E-state index in [9.17, 15) is 0 Å². The van der Waals surface area contributed by atoms with Gasteiger partial charge in [-0.1, -0.05) is 6.92 Å². The molecule has 1 rings (SSSR count). The molecule has 90 valence electrons. The summed E-state index contributed by atoms with van der Waals surface area (Å²) in [4.78, 5) is 0. The molecule has 0 spiro atoms. The van der Waals surface area contributed by atoms with Crippen LogP contribution in [-0.4, -0.2) is 32.9 Å². The van der Waals surface area contributed by atoms with Crippen LogP contribution in [0.15, 0.2) is 0 Å². The summed E-state index contributed by atoms with van der Waals surface area (Å²) in [6.07, 6.45) is 1.21. The van der Waals surface area contributed by atoms with Crippen LogP contribution >= 0.6 is 0 Å². The maximum Gasteiger partial charge on any atom is 0.220 e. The van der Waals surface area contributed by atoms with E-state index in [0.717, 1.165) is 13.0 Å². The molecule has 0 aromatic heterocycles. The lowest BCUT2D eigenvalue weighted by atomic mass is 10.2. The minimum absolute atomic E-state index is 0.0331. The lowest BCUT2D eigenvalue weighted by Crippen LogP contribution is -2.42. The topological polar surface area (TPSA) is 31.0 Å². The van der Waals surface area contributed by atoms with E-state index < -0.39 is 14.1 Å². The first kappa shape index (κ1) is 13.2. The van der Waals surface area contributed by atoms with Crippen molar-refractivity contribution in [3.05, 3.63) is 0 Å². The van der Waals surface area contributed by atoms with E-state index in [2.05, 4.69) is 33.5 Å². The van der Waals surface area contributed by atoms with Gasteiger partial charge in [-0.05, 0) is 39.9 Å². The number of epoxide rings is 1. The minimum Gasteiger partial charge on any atom is -0.409 e. The zero-order chi connectivity index (χ0) is 11.7. The Morgan fingerprint density at radius 2 is 1.93 bits per heavy atom.